The molecule has 0 heterocycles. The summed E-state index contributed by atoms with van der Waals surface area (Å²) in [7, 11) is 0. The van der Waals surface area contributed by atoms with E-state index in [2.05, 4.69) is 16.0 Å². The fraction of sp³-hybridized carbons (Fsp3) is 0.400. The zero-order valence-corrected chi connectivity index (χ0v) is 18.0. The number of nitrogens with two attached hydrogens (primary N) is 2. The second kappa shape index (κ2) is 13.4. The van der Waals surface area contributed by atoms with Crippen LogP contribution in [0.1, 0.15) is 24.8 Å². The third-order valence-electron chi connectivity index (χ3n) is 4.48. The Morgan fingerprint density at radius 1 is 0.912 bits per heavy atom. The van der Waals surface area contributed by atoms with E-state index in [9.17, 15) is 33.9 Å². The lowest BCUT2D eigenvalue weighted by molar-refractivity contribution is -0.142. The number of aliphatic carboxylic acids is 2. The Labute approximate surface area is 193 Å². The predicted octanol–water partition coefficient (Wildman–Crippen LogP) is -2.83. The smallest absolute Gasteiger partial charge is 0.326 e. The van der Waals surface area contributed by atoms with Gasteiger partial charge in [-0.05, 0) is 30.5 Å². The number of phenols is 1. The van der Waals surface area contributed by atoms with Crippen molar-refractivity contribution in [1.82, 2.24) is 16.0 Å². The summed E-state index contributed by atoms with van der Waals surface area (Å²) in [6.07, 6.45) is -1.32. The van der Waals surface area contributed by atoms with Gasteiger partial charge in [-0.25, -0.2) is 4.79 Å². The maximum Gasteiger partial charge on any atom is 0.326 e. The Morgan fingerprint density at radius 2 is 1.53 bits per heavy atom. The van der Waals surface area contributed by atoms with Gasteiger partial charge in [0.15, 0.2) is 0 Å². The topological polar surface area (TPSA) is 251 Å². The molecule has 1 aromatic rings. The lowest BCUT2D eigenvalue weighted by Crippen LogP contribution is -2.54. The van der Waals surface area contributed by atoms with Crippen LogP contribution in [0.5, 0.6) is 5.75 Å². The van der Waals surface area contributed by atoms with Crippen molar-refractivity contribution in [2.75, 3.05) is 6.54 Å². The van der Waals surface area contributed by atoms with Crippen LogP contribution < -0.4 is 27.4 Å². The largest absolute Gasteiger partial charge is 0.508 e. The van der Waals surface area contributed by atoms with Gasteiger partial charge in [0.05, 0.1) is 19.0 Å². The first-order valence-corrected chi connectivity index (χ1v) is 10.0. The van der Waals surface area contributed by atoms with Gasteiger partial charge in [0.2, 0.25) is 23.6 Å². The summed E-state index contributed by atoms with van der Waals surface area (Å²) in [6.45, 7) is -0.718. The lowest BCUT2D eigenvalue weighted by Gasteiger charge is -2.20. The highest BCUT2D eigenvalue weighted by atomic mass is 16.4. The molecular weight excluding hydrogens is 454 g/mol. The average molecular weight is 481 g/mol. The van der Waals surface area contributed by atoms with Crippen LogP contribution in [-0.2, 0) is 35.2 Å². The molecular formula is C20H27N5O9. The number of nitrogens with one attached hydrogen (secondary N) is 3. The summed E-state index contributed by atoms with van der Waals surface area (Å²) >= 11 is 0. The minimum atomic E-state index is -1.56. The molecule has 1 rings (SSSR count). The Hall–Kier alpha value is -4.20. The van der Waals surface area contributed by atoms with Gasteiger partial charge in [0.25, 0.3) is 0 Å². The van der Waals surface area contributed by atoms with Gasteiger partial charge < -0.3 is 42.7 Å². The number of hydrogen-bond donors (Lipinski definition) is 8. The van der Waals surface area contributed by atoms with Crippen LogP contribution in [0.15, 0.2) is 24.3 Å². The number of aromatic hydroxyl groups is 1. The Bertz CT molecular complexity index is 920. The predicted molar refractivity (Wildman–Crippen MR) is 115 cm³/mol. The van der Waals surface area contributed by atoms with E-state index in [0.717, 1.165) is 0 Å². The SMILES string of the molecule is NC(=O)CCC(NC(=O)CNC(=O)C(CC(=O)O)NC(=O)C(N)Cc1ccc(O)cc1)C(=O)O. The summed E-state index contributed by atoms with van der Waals surface area (Å²) in [6, 6.07) is 1.74. The van der Waals surface area contributed by atoms with Crippen molar-refractivity contribution < 1.29 is 44.1 Å². The molecule has 0 bridgehead atoms. The molecule has 0 aliphatic carbocycles. The van der Waals surface area contributed by atoms with Gasteiger partial charge in [-0.3, -0.25) is 24.0 Å². The van der Waals surface area contributed by atoms with E-state index in [1.54, 1.807) is 0 Å². The van der Waals surface area contributed by atoms with E-state index in [0.29, 0.717) is 5.56 Å². The lowest BCUT2D eigenvalue weighted by atomic mass is 10.0. The van der Waals surface area contributed by atoms with Crippen molar-refractivity contribution >= 4 is 35.6 Å². The summed E-state index contributed by atoms with van der Waals surface area (Å²) in [5, 5.41) is 33.8. The highest BCUT2D eigenvalue weighted by Crippen LogP contribution is 2.11. The molecule has 3 atom stereocenters. The number of primary amides is 1. The number of carbonyl (C=O) groups is 6. The number of rotatable bonds is 14. The van der Waals surface area contributed by atoms with E-state index < -0.39 is 66.7 Å². The van der Waals surface area contributed by atoms with Crippen LogP contribution in [0.4, 0.5) is 0 Å². The third kappa shape index (κ3) is 10.4. The van der Waals surface area contributed by atoms with Crippen molar-refractivity contribution in [2.24, 2.45) is 11.5 Å². The Kier molecular flexibility index (Phi) is 10.9. The molecule has 14 heteroatoms. The van der Waals surface area contributed by atoms with E-state index in [-0.39, 0.29) is 25.0 Å². The normalized spacial score (nSPS) is 13.1. The first kappa shape index (κ1) is 27.8. The van der Waals surface area contributed by atoms with Crippen LogP contribution in [-0.4, -0.2) is 75.6 Å². The van der Waals surface area contributed by atoms with E-state index in [4.69, 9.17) is 21.7 Å². The molecule has 3 unspecified atom stereocenters. The standard InChI is InChI=1S/C20H27N5O9/c21-12(7-10-1-3-11(26)4-2-10)18(31)25-14(8-17(29)30)19(32)23-9-16(28)24-13(20(33)34)5-6-15(22)27/h1-4,12-14,26H,5-9,21H2,(H2,22,27)(H,23,32)(H,24,28)(H,25,31)(H,29,30)(H,33,34). The number of phenolic OH excluding ortho intramolecular Hbond substituents is 1. The maximum absolute atomic E-state index is 12.4. The number of carboxylic acid groups (broad SMARTS) is 2. The second-order valence-corrected chi connectivity index (χ2v) is 7.32. The third-order valence-corrected chi connectivity index (χ3v) is 4.48. The molecule has 0 aliphatic heterocycles. The minimum Gasteiger partial charge on any atom is -0.508 e. The first-order chi connectivity index (χ1) is 15.9. The van der Waals surface area contributed by atoms with Crippen molar-refractivity contribution in [3.8, 4) is 5.75 Å². The minimum absolute atomic E-state index is 0.0200. The first-order valence-electron chi connectivity index (χ1n) is 10.0. The van der Waals surface area contributed by atoms with Gasteiger partial charge in [0, 0.05) is 6.42 Å². The zero-order chi connectivity index (χ0) is 25.8. The summed E-state index contributed by atoms with van der Waals surface area (Å²) in [4.78, 5) is 69.7. The molecule has 0 saturated carbocycles. The van der Waals surface area contributed by atoms with Crippen molar-refractivity contribution in [3.05, 3.63) is 29.8 Å². The van der Waals surface area contributed by atoms with Gasteiger partial charge >= 0.3 is 11.9 Å². The zero-order valence-electron chi connectivity index (χ0n) is 18.0. The monoisotopic (exact) mass is 481 g/mol. The molecule has 10 N–H and O–H groups in total. The van der Waals surface area contributed by atoms with Gasteiger partial charge in [-0.1, -0.05) is 12.1 Å². The maximum atomic E-state index is 12.4. The van der Waals surface area contributed by atoms with Crippen molar-refractivity contribution in [2.45, 2.75) is 43.8 Å². The van der Waals surface area contributed by atoms with Crippen molar-refractivity contribution in [3.63, 3.8) is 0 Å². The molecule has 0 radical (unpaired) electrons. The molecule has 0 saturated heterocycles. The quantitative estimate of drug-likeness (QED) is 0.135. The molecule has 4 amide bonds. The second-order valence-electron chi connectivity index (χ2n) is 7.32. The molecule has 0 fully saturated rings. The fourth-order valence-corrected chi connectivity index (χ4v) is 2.72. The molecule has 1 aromatic carbocycles. The molecule has 186 valence electrons. The van der Waals surface area contributed by atoms with E-state index in [1.807, 2.05) is 0 Å². The summed E-state index contributed by atoms with van der Waals surface area (Å²) in [5.74, 6) is -6.32. The number of amides is 4. The Morgan fingerprint density at radius 3 is 2.06 bits per heavy atom. The number of carboxylic acids is 2. The van der Waals surface area contributed by atoms with Gasteiger partial charge in [0.1, 0.15) is 17.8 Å². The number of carbonyl (C=O) groups excluding carboxylic acids is 4. The van der Waals surface area contributed by atoms with Crippen LogP contribution in [0.25, 0.3) is 0 Å². The fourth-order valence-electron chi connectivity index (χ4n) is 2.72. The van der Waals surface area contributed by atoms with Crippen LogP contribution in [0, 0.1) is 0 Å². The van der Waals surface area contributed by atoms with Gasteiger partial charge in [-0.15, -0.1) is 0 Å². The van der Waals surface area contributed by atoms with E-state index >= 15 is 0 Å². The molecule has 0 spiro atoms. The summed E-state index contributed by atoms with van der Waals surface area (Å²) < 4.78 is 0. The highest BCUT2D eigenvalue weighted by molar-refractivity contribution is 5.94. The molecule has 14 nitrogen and oxygen atoms in total. The molecule has 0 aliphatic rings. The highest BCUT2D eigenvalue weighted by Gasteiger charge is 2.27. The Balaban J connectivity index is 2.68. The molecule has 34 heavy (non-hydrogen) atoms. The van der Waals surface area contributed by atoms with Crippen LogP contribution in [0.2, 0.25) is 0 Å². The van der Waals surface area contributed by atoms with Crippen molar-refractivity contribution in [1.29, 1.82) is 0 Å². The number of hydrogen-bond acceptors (Lipinski definition) is 8. The average Bonchev–Trinajstić information content (AvgIpc) is 2.75. The van der Waals surface area contributed by atoms with Crippen LogP contribution >= 0.6 is 0 Å². The number of benzene rings is 1. The van der Waals surface area contributed by atoms with E-state index in [1.165, 1.54) is 24.3 Å². The molecule has 0 aromatic heterocycles. The summed E-state index contributed by atoms with van der Waals surface area (Å²) in [5.41, 5.74) is 11.4. The van der Waals surface area contributed by atoms with Gasteiger partial charge in [-0.2, -0.15) is 0 Å². The van der Waals surface area contributed by atoms with Crippen LogP contribution in [0.3, 0.4) is 0 Å².